The summed E-state index contributed by atoms with van der Waals surface area (Å²) in [5.74, 6) is -1.15. The summed E-state index contributed by atoms with van der Waals surface area (Å²) < 4.78 is 44.5. The number of carbonyl (C=O) groups is 2. The Bertz CT molecular complexity index is 499. The lowest BCUT2D eigenvalue weighted by atomic mass is 9.84. The molecule has 1 aliphatic carbocycles. The Kier molecular flexibility index (Phi) is 3.96. The number of ether oxygens (including phenoxy) is 2. The number of Topliss-reactive ketones (excluding diaryl/α,β-unsaturated/α-hetero) is 1. The molecule has 0 N–H and O–H groups in total. The lowest BCUT2D eigenvalue weighted by molar-refractivity contribution is -0.274. The van der Waals surface area contributed by atoms with Crippen molar-refractivity contribution < 1.29 is 32.2 Å². The lowest BCUT2D eigenvalue weighted by Crippen LogP contribution is -2.31. The van der Waals surface area contributed by atoms with Crippen molar-refractivity contribution in [3.63, 3.8) is 0 Å². The van der Waals surface area contributed by atoms with Gasteiger partial charge in [-0.15, -0.1) is 13.2 Å². The van der Waals surface area contributed by atoms with E-state index in [2.05, 4.69) is 4.74 Å². The molecule has 7 heteroatoms. The molecule has 4 nitrogen and oxygen atoms in total. The fourth-order valence-electron chi connectivity index (χ4n) is 1.72. The van der Waals surface area contributed by atoms with E-state index in [1.807, 2.05) is 0 Å². The summed E-state index contributed by atoms with van der Waals surface area (Å²) in [6.07, 6.45) is -4.32. The molecule has 1 saturated carbocycles. The Morgan fingerprint density at radius 3 is 2.30 bits per heavy atom. The van der Waals surface area contributed by atoms with Crippen molar-refractivity contribution in [3.05, 3.63) is 29.8 Å². The van der Waals surface area contributed by atoms with Crippen molar-refractivity contribution >= 4 is 11.8 Å². The molecule has 0 aliphatic heterocycles. The van der Waals surface area contributed by atoms with Crippen LogP contribution in [0.1, 0.15) is 18.4 Å². The van der Waals surface area contributed by atoms with Gasteiger partial charge >= 0.3 is 12.3 Å². The first kappa shape index (κ1) is 14.4. The van der Waals surface area contributed by atoms with Gasteiger partial charge in [0.05, 0.1) is 5.92 Å². The SMILES string of the molecule is O=C1CC(C(=O)OCc2ccc(OC(F)(F)F)cc2)C1. The van der Waals surface area contributed by atoms with Gasteiger partial charge in [-0.05, 0) is 17.7 Å². The standard InChI is InChI=1S/C13H11F3O4/c14-13(15,16)20-11-3-1-8(2-4-11)7-19-12(18)9-5-10(17)6-9/h1-4,9H,5-7H2. The first-order valence-corrected chi connectivity index (χ1v) is 5.86. The number of alkyl halides is 3. The van der Waals surface area contributed by atoms with Crippen LogP contribution in [0.4, 0.5) is 13.2 Å². The second-order valence-electron chi connectivity index (χ2n) is 4.44. The molecule has 1 aromatic carbocycles. The number of hydrogen-bond acceptors (Lipinski definition) is 4. The highest BCUT2D eigenvalue weighted by Gasteiger charge is 2.34. The summed E-state index contributed by atoms with van der Waals surface area (Å²) in [5.41, 5.74) is 0.540. The van der Waals surface area contributed by atoms with Crippen LogP contribution >= 0.6 is 0 Å². The quantitative estimate of drug-likeness (QED) is 0.799. The molecule has 0 heterocycles. The second-order valence-corrected chi connectivity index (χ2v) is 4.44. The highest BCUT2D eigenvalue weighted by Crippen LogP contribution is 2.25. The largest absolute Gasteiger partial charge is 0.573 e. The third kappa shape index (κ3) is 3.97. The maximum absolute atomic E-state index is 11.9. The molecule has 0 amide bonds. The van der Waals surface area contributed by atoms with E-state index in [-0.39, 0.29) is 36.9 Å². The van der Waals surface area contributed by atoms with Gasteiger partial charge in [0.25, 0.3) is 0 Å². The number of benzene rings is 1. The van der Waals surface area contributed by atoms with Gasteiger partial charge in [-0.3, -0.25) is 9.59 Å². The zero-order valence-corrected chi connectivity index (χ0v) is 10.3. The number of halogens is 3. The molecule has 1 fully saturated rings. The van der Waals surface area contributed by atoms with Gasteiger partial charge in [-0.1, -0.05) is 12.1 Å². The minimum atomic E-state index is -4.73. The van der Waals surface area contributed by atoms with E-state index in [9.17, 15) is 22.8 Å². The van der Waals surface area contributed by atoms with Gasteiger partial charge in [0.1, 0.15) is 18.1 Å². The minimum Gasteiger partial charge on any atom is -0.461 e. The van der Waals surface area contributed by atoms with Crippen molar-refractivity contribution in [2.45, 2.75) is 25.8 Å². The fraction of sp³-hybridized carbons (Fsp3) is 0.385. The Hall–Kier alpha value is -2.05. The number of hydrogen-bond donors (Lipinski definition) is 0. The van der Waals surface area contributed by atoms with Crippen molar-refractivity contribution in [3.8, 4) is 5.75 Å². The minimum absolute atomic E-state index is 0.0283. The Labute approximate surface area is 112 Å². The number of rotatable bonds is 4. The molecule has 1 aromatic rings. The molecule has 0 saturated heterocycles. The van der Waals surface area contributed by atoms with E-state index >= 15 is 0 Å². The van der Waals surface area contributed by atoms with E-state index in [4.69, 9.17) is 4.74 Å². The fourth-order valence-corrected chi connectivity index (χ4v) is 1.72. The molecule has 0 unspecified atom stereocenters. The zero-order valence-electron chi connectivity index (χ0n) is 10.3. The lowest BCUT2D eigenvalue weighted by Gasteiger charge is -2.21. The monoisotopic (exact) mass is 288 g/mol. The number of ketones is 1. The summed E-state index contributed by atoms with van der Waals surface area (Å²) in [6, 6.07) is 5.04. The first-order chi connectivity index (χ1) is 9.33. The topological polar surface area (TPSA) is 52.6 Å². The van der Waals surface area contributed by atoms with E-state index in [1.165, 1.54) is 12.1 Å². The molecule has 0 atom stereocenters. The first-order valence-electron chi connectivity index (χ1n) is 5.86. The average Bonchev–Trinajstić information content (AvgIpc) is 2.32. The molecule has 0 spiro atoms. The van der Waals surface area contributed by atoms with Crippen LogP contribution in [-0.2, 0) is 20.9 Å². The number of carbonyl (C=O) groups excluding carboxylic acids is 2. The van der Waals surface area contributed by atoms with Crippen molar-refractivity contribution in [2.75, 3.05) is 0 Å². The molecule has 0 radical (unpaired) electrons. The van der Waals surface area contributed by atoms with Crippen LogP contribution in [0.25, 0.3) is 0 Å². The smallest absolute Gasteiger partial charge is 0.461 e. The van der Waals surface area contributed by atoms with Gasteiger partial charge in [-0.2, -0.15) is 0 Å². The molecule has 0 bridgehead atoms. The van der Waals surface area contributed by atoms with E-state index in [1.54, 1.807) is 0 Å². The van der Waals surface area contributed by atoms with Crippen LogP contribution in [-0.4, -0.2) is 18.1 Å². The maximum atomic E-state index is 11.9. The third-order valence-corrected chi connectivity index (χ3v) is 2.82. The highest BCUT2D eigenvalue weighted by molar-refractivity contribution is 5.94. The molecule has 20 heavy (non-hydrogen) atoms. The highest BCUT2D eigenvalue weighted by atomic mass is 19.4. The Balaban J connectivity index is 1.82. The van der Waals surface area contributed by atoms with Gasteiger partial charge < -0.3 is 9.47 Å². The van der Waals surface area contributed by atoms with Gasteiger partial charge in [0.2, 0.25) is 0 Å². The molecular weight excluding hydrogens is 277 g/mol. The Morgan fingerprint density at radius 1 is 1.20 bits per heavy atom. The normalized spacial score (nSPS) is 15.7. The van der Waals surface area contributed by atoms with E-state index in [0.29, 0.717) is 5.56 Å². The summed E-state index contributed by atoms with van der Waals surface area (Å²) in [7, 11) is 0. The van der Waals surface area contributed by atoms with Crippen molar-refractivity contribution in [2.24, 2.45) is 5.92 Å². The second kappa shape index (κ2) is 5.52. The molecule has 2 rings (SSSR count). The number of esters is 1. The summed E-state index contributed by atoms with van der Waals surface area (Å²) in [6.45, 7) is -0.0458. The van der Waals surface area contributed by atoms with Crippen LogP contribution in [0, 0.1) is 5.92 Å². The van der Waals surface area contributed by atoms with Crippen LogP contribution in [0.15, 0.2) is 24.3 Å². The maximum Gasteiger partial charge on any atom is 0.573 e. The van der Waals surface area contributed by atoms with Crippen molar-refractivity contribution in [1.82, 2.24) is 0 Å². The summed E-state index contributed by atoms with van der Waals surface area (Å²) in [5, 5.41) is 0. The van der Waals surface area contributed by atoms with Crippen LogP contribution in [0.3, 0.4) is 0 Å². The molecule has 1 aliphatic rings. The van der Waals surface area contributed by atoms with Crippen LogP contribution in [0.2, 0.25) is 0 Å². The molecular formula is C13H11F3O4. The van der Waals surface area contributed by atoms with E-state index in [0.717, 1.165) is 12.1 Å². The molecule has 108 valence electrons. The van der Waals surface area contributed by atoms with Crippen LogP contribution < -0.4 is 4.74 Å². The average molecular weight is 288 g/mol. The van der Waals surface area contributed by atoms with E-state index < -0.39 is 12.3 Å². The third-order valence-electron chi connectivity index (χ3n) is 2.82. The van der Waals surface area contributed by atoms with Crippen molar-refractivity contribution in [1.29, 1.82) is 0 Å². The van der Waals surface area contributed by atoms with Gasteiger partial charge in [-0.25, -0.2) is 0 Å². The van der Waals surface area contributed by atoms with Gasteiger partial charge in [0.15, 0.2) is 0 Å². The van der Waals surface area contributed by atoms with Gasteiger partial charge in [0, 0.05) is 12.8 Å². The summed E-state index contributed by atoms with van der Waals surface area (Å²) >= 11 is 0. The van der Waals surface area contributed by atoms with Crippen LogP contribution in [0.5, 0.6) is 5.75 Å². The predicted molar refractivity (Wildman–Crippen MR) is 60.7 cm³/mol. The predicted octanol–water partition coefficient (Wildman–Crippen LogP) is 2.61. The summed E-state index contributed by atoms with van der Waals surface area (Å²) in [4.78, 5) is 22.2. The molecule has 0 aromatic heterocycles. The Morgan fingerprint density at radius 2 is 1.80 bits per heavy atom. The zero-order chi connectivity index (χ0) is 14.8.